The number of terminal acetylenes is 2. The van der Waals surface area contributed by atoms with E-state index in [1.54, 1.807) is 5.92 Å². The molecule has 92 valence electrons. The highest BCUT2D eigenvalue weighted by atomic mass is 16.5. The van der Waals surface area contributed by atoms with E-state index in [0.29, 0.717) is 0 Å². The van der Waals surface area contributed by atoms with E-state index in [1.165, 1.54) is 0 Å². The van der Waals surface area contributed by atoms with Gasteiger partial charge in [-0.15, -0.1) is 12.8 Å². The van der Waals surface area contributed by atoms with Gasteiger partial charge >= 0.3 is 5.97 Å². The van der Waals surface area contributed by atoms with E-state index in [2.05, 4.69) is 17.2 Å². The molecule has 0 bridgehead atoms. The van der Waals surface area contributed by atoms with Crippen LogP contribution in [0.15, 0.2) is 12.3 Å². The molecule has 2 N–H and O–H groups in total. The van der Waals surface area contributed by atoms with E-state index in [-0.39, 0.29) is 19.0 Å². The summed E-state index contributed by atoms with van der Waals surface area (Å²) in [6, 6.07) is 0. The van der Waals surface area contributed by atoms with Gasteiger partial charge in [0.15, 0.2) is 5.76 Å². The minimum absolute atomic E-state index is 0.0551. The van der Waals surface area contributed by atoms with Crippen LogP contribution in [0.3, 0.4) is 0 Å². The predicted octanol–water partition coefficient (Wildman–Crippen LogP) is -0.703. The average Bonchev–Trinajstić information content (AvgIpc) is 2.38. The molecule has 0 atom stereocenters. The fourth-order valence-corrected chi connectivity index (χ4v) is 0.816. The molecule has 0 radical (unpaired) electrons. The number of allylic oxidation sites excluding steroid dienone is 1. The van der Waals surface area contributed by atoms with Gasteiger partial charge in [-0.25, -0.2) is 4.79 Å². The summed E-state index contributed by atoms with van der Waals surface area (Å²) >= 11 is 0. The fraction of sp³-hybridized carbons (Fsp3) is 0.417. The molecule has 0 aromatic heterocycles. The first-order chi connectivity index (χ1) is 8.03. The lowest BCUT2D eigenvalue weighted by Crippen LogP contribution is -2.40. The van der Waals surface area contributed by atoms with E-state index in [1.807, 2.05) is 0 Å². The van der Waals surface area contributed by atoms with Gasteiger partial charge in [-0.3, -0.25) is 0 Å². The van der Waals surface area contributed by atoms with E-state index < -0.39 is 24.6 Å². The Bertz CT molecular complexity index is 322. The number of aliphatic hydroxyl groups is 2. The fourth-order valence-electron chi connectivity index (χ4n) is 0.816. The molecule has 0 saturated carbocycles. The highest BCUT2D eigenvalue weighted by Crippen LogP contribution is 2.18. The van der Waals surface area contributed by atoms with Gasteiger partial charge in [0, 0.05) is 5.92 Å². The molecule has 0 saturated heterocycles. The van der Waals surface area contributed by atoms with Crippen LogP contribution < -0.4 is 0 Å². The van der Waals surface area contributed by atoms with Crippen molar-refractivity contribution in [3.63, 3.8) is 0 Å². The Morgan fingerprint density at radius 3 is 2.12 bits per heavy atom. The molecule has 0 rings (SSSR count). The largest absolute Gasteiger partial charge is 0.485 e. The lowest BCUT2D eigenvalue weighted by atomic mass is 9.92. The molecule has 0 amide bonds. The van der Waals surface area contributed by atoms with Crippen molar-refractivity contribution in [2.75, 3.05) is 26.4 Å². The minimum Gasteiger partial charge on any atom is -0.485 e. The number of rotatable bonds is 7. The van der Waals surface area contributed by atoms with Gasteiger partial charge < -0.3 is 19.7 Å². The zero-order chi connectivity index (χ0) is 13.3. The van der Waals surface area contributed by atoms with Gasteiger partial charge in [-0.05, 0) is 12.5 Å². The summed E-state index contributed by atoms with van der Waals surface area (Å²) in [5.41, 5.74) is -1.16. The highest BCUT2D eigenvalue weighted by Gasteiger charge is 2.32. The molecule has 0 aliphatic heterocycles. The first-order valence-electron chi connectivity index (χ1n) is 4.67. The summed E-state index contributed by atoms with van der Waals surface area (Å²) in [4.78, 5) is 10.8. The van der Waals surface area contributed by atoms with Crippen LogP contribution >= 0.6 is 0 Å². The molecule has 0 aliphatic rings. The second-order valence-corrected chi connectivity index (χ2v) is 3.39. The van der Waals surface area contributed by atoms with Crippen LogP contribution in [0.25, 0.3) is 0 Å². The van der Waals surface area contributed by atoms with E-state index in [0.717, 1.165) is 0 Å². The first kappa shape index (κ1) is 15.0. The van der Waals surface area contributed by atoms with Crippen LogP contribution in [-0.4, -0.2) is 42.6 Å². The lowest BCUT2D eigenvalue weighted by Gasteiger charge is -2.28. The van der Waals surface area contributed by atoms with Crippen LogP contribution in [0, 0.1) is 30.1 Å². The van der Waals surface area contributed by atoms with Gasteiger partial charge in [0.05, 0.1) is 18.6 Å². The maximum absolute atomic E-state index is 10.8. The van der Waals surface area contributed by atoms with Crippen molar-refractivity contribution in [2.24, 2.45) is 5.41 Å². The van der Waals surface area contributed by atoms with Crippen molar-refractivity contribution in [1.82, 2.24) is 0 Å². The second kappa shape index (κ2) is 7.34. The second-order valence-electron chi connectivity index (χ2n) is 3.39. The van der Waals surface area contributed by atoms with Gasteiger partial charge in [-0.2, -0.15) is 0 Å². The van der Waals surface area contributed by atoms with E-state index in [9.17, 15) is 15.0 Å². The monoisotopic (exact) mass is 238 g/mol. The molecule has 0 aromatic carbocycles. The molecular formula is C12H14O5. The maximum atomic E-state index is 10.8. The lowest BCUT2D eigenvalue weighted by molar-refractivity contribution is -0.144. The predicted molar refractivity (Wildman–Crippen MR) is 60.3 cm³/mol. The number of aliphatic hydroxyl groups excluding tert-OH is 2. The van der Waals surface area contributed by atoms with E-state index in [4.69, 9.17) is 17.6 Å². The number of carbonyl (C=O) groups excluding carboxylic acids is 1. The maximum Gasteiger partial charge on any atom is 0.384 e. The summed E-state index contributed by atoms with van der Waals surface area (Å²) in [6.07, 6.45) is 9.82. The number of hydrogen-bond donors (Lipinski definition) is 2. The Labute approximate surface area is 100 Å². The third-order valence-corrected chi connectivity index (χ3v) is 2.01. The normalized spacial score (nSPS) is 9.88. The smallest absolute Gasteiger partial charge is 0.384 e. The molecule has 17 heavy (non-hydrogen) atoms. The van der Waals surface area contributed by atoms with Crippen LogP contribution in [0.5, 0.6) is 0 Å². The van der Waals surface area contributed by atoms with Crippen LogP contribution in [-0.2, 0) is 14.3 Å². The molecule has 0 heterocycles. The quantitative estimate of drug-likeness (QED) is 0.265. The molecule has 0 aliphatic carbocycles. The standard InChI is InChI=1S/C12H14O5/c1-4-10(3)16-8-12(6-13,7-14)9-17-11(15)5-2/h1-2,13-14H,3,6-9H2. The molecule has 0 fully saturated rings. The summed E-state index contributed by atoms with van der Waals surface area (Å²) in [6.45, 7) is 2.06. The highest BCUT2D eigenvalue weighted by molar-refractivity contribution is 5.87. The van der Waals surface area contributed by atoms with Crippen molar-refractivity contribution in [3.8, 4) is 24.7 Å². The number of hydrogen-bond acceptors (Lipinski definition) is 5. The zero-order valence-corrected chi connectivity index (χ0v) is 9.31. The minimum atomic E-state index is -1.16. The molecular weight excluding hydrogens is 224 g/mol. The third-order valence-electron chi connectivity index (χ3n) is 2.01. The van der Waals surface area contributed by atoms with Gasteiger partial charge in [-0.1, -0.05) is 0 Å². The molecule has 0 spiro atoms. The van der Waals surface area contributed by atoms with Gasteiger partial charge in [0.25, 0.3) is 0 Å². The molecule has 0 unspecified atom stereocenters. The van der Waals surface area contributed by atoms with Crippen molar-refractivity contribution in [1.29, 1.82) is 0 Å². The summed E-state index contributed by atoms with van der Waals surface area (Å²) in [5.74, 6) is 3.06. The number of ether oxygens (including phenoxy) is 2. The summed E-state index contributed by atoms with van der Waals surface area (Å²) < 4.78 is 9.66. The number of carbonyl (C=O) groups is 1. The average molecular weight is 238 g/mol. The molecule has 5 heteroatoms. The molecule has 5 nitrogen and oxygen atoms in total. The summed E-state index contributed by atoms with van der Waals surface area (Å²) in [7, 11) is 0. The zero-order valence-electron chi connectivity index (χ0n) is 9.31. The Morgan fingerprint density at radius 1 is 1.18 bits per heavy atom. The Morgan fingerprint density at radius 2 is 1.71 bits per heavy atom. The first-order valence-corrected chi connectivity index (χ1v) is 4.67. The van der Waals surface area contributed by atoms with E-state index >= 15 is 0 Å². The van der Waals surface area contributed by atoms with Crippen molar-refractivity contribution in [2.45, 2.75) is 0 Å². The van der Waals surface area contributed by atoms with Crippen molar-refractivity contribution < 1.29 is 24.5 Å². The Hall–Kier alpha value is -1.95. The van der Waals surface area contributed by atoms with Gasteiger partial charge in [0.1, 0.15) is 13.2 Å². The molecule has 0 aromatic rings. The van der Waals surface area contributed by atoms with Gasteiger partial charge in [0.2, 0.25) is 0 Å². The number of esters is 1. The SMILES string of the molecule is C#CC(=C)OCC(CO)(CO)COC(=O)C#C. The Kier molecular flexibility index (Phi) is 6.50. The topological polar surface area (TPSA) is 76.0 Å². The van der Waals surface area contributed by atoms with Crippen molar-refractivity contribution in [3.05, 3.63) is 12.3 Å². The van der Waals surface area contributed by atoms with Crippen LogP contribution in [0.2, 0.25) is 0 Å². The summed E-state index contributed by atoms with van der Waals surface area (Å²) in [5, 5.41) is 18.4. The van der Waals surface area contributed by atoms with Crippen LogP contribution in [0.4, 0.5) is 0 Å². The van der Waals surface area contributed by atoms with Crippen LogP contribution in [0.1, 0.15) is 0 Å². The Balaban J connectivity index is 4.46. The third kappa shape index (κ3) is 5.07. The van der Waals surface area contributed by atoms with Crippen molar-refractivity contribution >= 4 is 5.97 Å².